The van der Waals surface area contributed by atoms with Crippen LogP contribution in [0, 0.1) is 0 Å². The van der Waals surface area contributed by atoms with Crippen LogP contribution in [0.5, 0.6) is 0 Å². The predicted octanol–water partition coefficient (Wildman–Crippen LogP) is 2.14. The molecule has 0 aliphatic rings. The Morgan fingerprint density at radius 2 is 1.90 bits per heavy atom. The molecular formula is C16H14N4O. The van der Waals surface area contributed by atoms with Gasteiger partial charge in [-0.2, -0.15) is 0 Å². The van der Waals surface area contributed by atoms with Gasteiger partial charge in [0.05, 0.1) is 5.52 Å². The average molecular weight is 278 g/mol. The number of amides is 1. The molecule has 0 unspecified atom stereocenters. The highest BCUT2D eigenvalue weighted by molar-refractivity contribution is 5.92. The Kier molecular flexibility index (Phi) is 3.47. The molecule has 0 atom stereocenters. The molecule has 0 radical (unpaired) electrons. The zero-order valence-corrected chi connectivity index (χ0v) is 11.3. The van der Waals surface area contributed by atoms with E-state index in [0.717, 1.165) is 16.5 Å². The summed E-state index contributed by atoms with van der Waals surface area (Å²) >= 11 is 0. The molecule has 0 spiro atoms. The molecule has 3 rings (SSSR count). The van der Waals surface area contributed by atoms with E-state index in [4.69, 9.17) is 5.73 Å². The minimum Gasteiger partial charge on any atom is -0.384 e. The second-order valence-corrected chi connectivity index (χ2v) is 4.62. The number of benzene rings is 1. The molecule has 0 saturated carbocycles. The lowest BCUT2D eigenvalue weighted by Crippen LogP contribution is -2.24. The molecule has 104 valence electrons. The SMILES string of the molecule is Nc1cccc(C(=O)NCc2cccc3cccnc23)n1. The summed E-state index contributed by atoms with van der Waals surface area (Å²) in [7, 11) is 0. The van der Waals surface area contributed by atoms with Gasteiger partial charge < -0.3 is 11.1 Å². The number of pyridine rings is 2. The van der Waals surface area contributed by atoms with Crippen molar-refractivity contribution < 1.29 is 4.79 Å². The van der Waals surface area contributed by atoms with Crippen LogP contribution in [0.3, 0.4) is 0 Å². The Hall–Kier alpha value is -2.95. The normalized spacial score (nSPS) is 10.5. The van der Waals surface area contributed by atoms with Gasteiger partial charge in [-0.25, -0.2) is 4.98 Å². The van der Waals surface area contributed by atoms with Crippen molar-refractivity contribution in [3.63, 3.8) is 0 Å². The molecule has 0 aliphatic carbocycles. The number of hydrogen-bond donors (Lipinski definition) is 2. The number of rotatable bonds is 3. The van der Waals surface area contributed by atoms with Gasteiger partial charge in [0.2, 0.25) is 0 Å². The summed E-state index contributed by atoms with van der Waals surface area (Å²) in [6.45, 7) is 0.393. The van der Waals surface area contributed by atoms with E-state index in [-0.39, 0.29) is 5.91 Å². The molecule has 5 heteroatoms. The summed E-state index contributed by atoms with van der Waals surface area (Å²) in [4.78, 5) is 20.4. The number of nitrogen functional groups attached to an aromatic ring is 1. The zero-order chi connectivity index (χ0) is 14.7. The van der Waals surface area contributed by atoms with Crippen molar-refractivity contribution in [2.75, 3.05) is 5.73 Å². The second kappa shape index (κ2) is 5.58. The fraction of sp³-hybridized carbons (Fsp3) is 0.0625. The Morgan fingerprint density at radius 1 is 1.10 bits per heavy atom. The number of nitrogens with two attached hydrogens (primary N) is 1. The summed E-state index contributed by atoms with van der Waals surface area (Å²) < 4.78 is 0. The fourth-order valence-electron chi connectivity index (χ4n) is 2.15. The van der Waals surface area contributed by atoms with Crippen molar-refractivity contribution in [3.8, 4) is 0 Å². The first-order valence-electron chi connectivity index (χ1n) is 6.57. The van der Waals surface area contributed by atoms with E-state index >= 15 is 0 Å². The lowest BCUT2D eigenvalue weighted by Gasteiger charge is -2.07. The molecule has 5 nitrogen and oxygen atoms in total. The van der Waals surface area contributed by atoms with E-state index in [2.05, 4.69) is 15.3 Å². The van der Waals surface area contributed by atoms with Gasteiger partial charge in [0.1, 0.15) is 11.5 Å². The van der Waals surface area contributed by atoms with Crippen molar-refractivity contribution in [3.05, 3.63) is 66.0 Å². The van der Waals surface area contributed by atoms with Crippen molar-refractivity contribution >= 4 is 22.6 Å². The Bertz CT molecular complexity index is 796. The predicted molar refractivity (Wildman–Crippen MR) is 81.6 cm³/mol. The molecule has 1 aromatic carbocycles. The molecule has 3 aromatic rings. The van der Waals surface area contributed by atoms with Crippen LogP contribution in [0.1, 0.15) is 16.1 Å². The van der Waals surface area contributed by atoms with Gasteiger partial charge in [0.15, 0.2) is 0 Å². The quantitative estimate of drug-likeness (QED) is 0.769. The maximum atomic E-state index is 12.1. The molecule has 21 heavy (non-hydrogen) atoms. The van der Waals surface area contributed by atoms with Gasteiger partial charge in [-0.05, 0) is 23.8 Å². The Morgan fingerprint density at radius 3 is 2.76 bits per heavy atom. The van der Waals surface area contributed by atoms with Gasteiger partial charge in [-0.15, -0.1) is 0 Å². The number of aromatic nitrogens is 2. The molecule has 0 saturated heterocycles. The average Bonchev–Trinajstić information content (AvgIpc) is 2.52. The maximum absolute atomic E-state index is 12.1. The van der Waals surface area contributed by atoms with Crippen LogP contribution in [0.15, 0.2) is 54.7 Å². The van der Waals surface area contributed by atoms with Crippen LogP contribution in [-0.4, -0.2) is 15.9 Å². The lowest BCUT2D eigenvalue weighted by molar-refractivity contribution is 0.0946. The lowest BCUT2D eigenvalue weighted by atomic mass is 10.1. The number of nitrogens with one attached hydrogen (secondary N) is 1. The number of carbonyl (C=O) groups is 1. The fourth-order valence-corrected chi connectivity index (χ4v) is 2.15. The van der Waals surface area contributed by atoms with E-state index in [0.29, 0.717) is 18.1 Å². The van der Waals surface area contributed by atoms with Crippen LogP contribution in [0.4, 0.5) is 5.82 Å². The van der Waals surface area contributed by atoms with Gasteiger partial charge in [-0.1, -0.05) is 30.3 Å². The monoisotopic (exact) mass is 278 g/mol. The summed E-state index contributed by atoms with van der Waals surface area (Å²) in [6, 6.07) is 14.8. The number of hydrogen-bond acceptors (Lipinski definition) is 4. The standard InChI is InChI=1S/C16H14N4O/c17-14-8-2-7-13(20-14)16(21)19-10-12-5-1-4-11-6-3-9-18-15(11)12/h1-9H,10H2,(H2,17,20)(H,19,21). The third kappa shape index (κ3) is 2.81. The summed E-state index contributed by atoms with van der Waals surface area (Å²) in [6.07, 6.45) is 1.74. The molecule has 0 bridgehead atoms. The molecule has 2 aromatic heterocycles. The molecule has 0 fully saturated rings. The third-order valence-corrected chi connectivity index (χ3v) is 3.16. The van der Waals surface area contributed by atoms with Gasteiger partial charge in [0, 0.05) is 18.1 Å². The highest BCUT2D eigenvalue weighted by atomic mass is 16.1. The topological polar surface area (TPSA) is 80.9 Å². The van der Waals surface area contributed by atoms with E-state index in [9.17, 15) is 4.79 Å². The number of anilines is 1. The van der Waals surface area contributed by atoms with Crippen LogP contribution >= 0.6 is 0 Å². The number of nitrogens with zero attached hydrogens (tertiary/aromatic N) is 2. The smallest absolute Gasteiger partial charge is 0.270 e. The van der Waals surface area contributed by atoms with Crippen molar-refractivity contribution in [2.24, 2.45) is 0 Å². The first-order valence-corrected chi connectivity index (χ1v) is 6.57. The van der Waals surface area contributed by atoms with Crippen molar-refractivity contribution in [1.29, 1.82) is 0 Å². The zero-order valence-electron chi connectivity index (χ0n) is 11.3. The minimum absolute atomic E-state index is 0.254. The summed E-state index contributed by atoms with van der Waals surface area (Å²) in [5, 5.41) is 3.89. The number of para-hydroxylation sites is 1. The van der Waals surface area contributed by atoms with Crippen molar-refractivity contribution in [2.45, 2.75) is 6.54 Å². The molecule has 3 N–H and O–H groups in total. The van der Waals surface area contributed by atoms with E-state index < -0.39 is 0 Å². The van der Waals surface area contributed by atoms with Crippen molar-refractivity contribution in [1.82, 2.24) is 15.3 Å². The summed E-state index contributed by atoms with van der Waals surface area (Å²) in [5.41, 5.74) is 7.74. The Balaban J connectivity index is 1.79. The number of fused-ring (bicyclic) bond motifs is 1. The van der Waals surface area contributed by atoms with Crippen LogP contribution in [-0.2, 0) is 6.54 Å². The van der Waals surface area contributed by atoms with E-state index in [1.807, 2.05) is 30.3 Å². The van der Waals surface area contributed by atoms with Gasteiger partial charge >= 0.3 is 0 Å². The van der Waals surface area contributed by atoms with Crippen LogP contribution in [0.25, 0.3) is 10.9 Å². The minimum atomic E-state index is -0.254. The first kappa shape index (κ1) is 13.1. The largest absolute Gasteiger partial charge is 0.384 e. The maximum Gasteiger partial charge on any atom is 0.270 e. The van der Waals surface area contributed by atoms with E-state index in [1.165, 1.54) is 0 Å². The van der Waals surface area contributed by atoms with E-state index in [1.54, 1.807) is 24.4 Å². The highest BCUT2D eigenvalue weighted by Gasteiger charge is 2.08. The molecular weight excluding hydrogens is 264 g/mol. The number of carbonyl (C=O) groups excluding carboxylic acids is 1. The highest BCUT2D eigenvalue weighted by Crippen LogP contribution is 2.15. The van der Waals surface area contributed by atoms with Gasteiger partial charge in [-0.3, -0.25) is 9.78 Å². The first-order chi connectivity index (χ1) is 10.2. The molecule has 0 aliphatic heterocycles. The van der Waals surface area contributed by atoms with Crippen LogP contribution < -0.4 is 11.1 Å². The van der Waals surface area contributed by atoms with Crippen LogP contribution in [0.2, 0.25) is 0 Å². The molecule has 1 amide bonds. The van der Waals surface area contributed by atoms with Gasteiger partial charge in [0.25, 0.3) is 5.91 Å². The second-order valence-electron chi connectivity index (χ2n) is 4.62. The molecule has 2 heterocycles. The third-order valence-electron chi connectivity index (χ3n) is 3.16. The Labute approximate surface area is 121 Å². The summed E-state index contributed by atoms with van der Waals surface area (Å²) in [5.74, 6) is 0.0738.